The van der Waals surface area contributed by atoms with Gasteiger partial charge in [0.1, 0.15) is 0 Å². The van der Waals surface area contributed by atoms with Crippen molar-refractivity contribution in [1.29, 1.82) is 0 Å². The van der Waals surface area contributed by atoms with E-state index in [-0.39, 0.29) is 0 Å². The second kappa shape index (κ2) is 11.6. The van der Waals surface area contributed by atoms with Crippen LogP contribution in [0.1, 0.15) is 126 Å². The maximum atomic E-state index is 5.38. The molecule has 2 aliphatic rings. The molecule has 0 aromatic carbocycles. The highest BCUT2D eigenvalue weighted by atomic mass is 14.8. The number of aromatic amines is 2. The first-order valence-electron chi connectivity index (χ1n) is 15.7. The number of allylic oxidation sites excluding steroid dienone is 4. The van der Waals surface area contributed by atoms with E-state index in [2.05, 4.69) is 89.6 Å². The number of aromatic nitrogens is 4. The lowest BCUT2D eigenvalue weighted by Gasteiger charge is -2.05. The van der Waals surface area contributed by atoms with Crippen LogP contribution >= 0.6 is 0 Å². The third-order valence-corrected chi connectivity index (χ3v) is 8.99. The van der Waals surface area contributed by atoms with Crippen molar-refractivity contribution in [1.82, 2.24) is 19.9 Å². The van der Waals surface area contributed by atoms with E-state index in [0.29, 0.717) is 0 Å². The van der Waals surface area contributed by atoms with Crippen molar-refractivity contribution in [2.24, 2.45) is 0 Å². The average molecular weight is 535 g/mol. The fraction of sp³-hybridized carbons (Fsp3) is 0.444. The van der Waals surface area contributed by atoms with Crippen molar-refractivity contribution < 1.29 is 0 Å². The molecule has 210 valence electrons. The summed E-state index contributed by atoms with van der Waals surface area (Å²) in [5, 5.41) is 0. The summed E-state index contributed by atoms with van der Waals surface area (Å²) in [6.07, 6.45) is 7.82. The smallest absolute Gasteiger partial charge is 0.0910 e. The number of nitrogens with one attached hydrogen (secondary N) is 2. The van der Waals surface area contributed by atoms with Gasteiger partial charge in [-0.3, -0.25) is 0 Å². The molecule has 3 aromatic heterocycles. The molecule has 2 aliphatic heterocycles. The Morgan fingerprint density at radius 1 is 0.450 bits per heavy atom. The molecule has 40 heavy (non-hydrogen) atoms. The number of fused-ring (bicyclic) bond motifs is 9. The normalized spacial score (nSPS) is 13.6. The van der Waals surface area contributed by atoms with Crippen LogP contribution in [0.3, 0.4) is 0 Å². The average Bonchev–Trinajstić information content (AvgIpc) is 3.70. The van der Waals surface area contributed by atoms with Gasteiger partial charge < -0.3 is 9.97 Å². The number of hydrogen-bond donors (Lipinski definition) is 2. The molecule has 0 spiro atoms. The Kier molecular flexibility index (Phi) is 8.16. The maximum absolute atomic E-state index is 5.38. The summed E-state index contributed by atoms with van der Waals surface area (Å²) in [6.45, 7) is 18.1. The first-order chi connectivity index (χ1) is 19.5. The monoisotopic (exact) mass is 534 g/mol. The van der Waals surface area contributed by atoms with Gasteiger partial charge in [0.15, 0.2) is 0 Å². The summed E-state index contributed by atoms with van der Waals surface area (Å²) in [4.78, 5) is 18.3. The second-order valence-electron chi connectivity index (χ2n) is 10.9. The van der Waals surface area contributed by atoms with Crippen molar-refractivity contribution in [3.05, 3.63) is 69.3 Å². The standard InChI is InChI=1S/C36H46N4/c1-9-21-23(11-3)31-19-33-25(13-5)27(15-7)35(39-33)36-28(16-8)26(14-6)34(40-36)20-32-24(12-4)22(10-2)30(38-32)18-17-29(21)37-31/h17-20,37,39H,9-16H2,1-8H3. The van der Waals surface area contributed by atoms with Gasteiger partial charge in [-0.15, -0.1) is 0 Å². The first-order valence-corrected chi connectivity index (χ1v) is 15.7. The van der Waals surface area contributed by atoms with E-state index in [0.717, 1.165) is 74.1 Å². The Labute approximate surface area is 240 Å². The molecular formula is C36H46N4. The number of hydrogen-bond acceptors (Lipinski definition) is 2. The predicted octanol–water partition coefficient (Wildman–Crippen LogP) is 10.0. The van der Waals surface area contributed by atoms with E-state index in [1.54, 1.807) is 0 Å². The van der Waals surface area contributed by atoms with Crippen LogP contribution in [0.5, 0.6) is 0 Å². The van der Waals surface area contributed by atoms with Gasteiger partial charge in [-0.25, -0.2) is 9.97 Å². The molecule has 0 saturated carbocycles. The van der Waals surface area contributed by atoms with Gasteiger partial charge >= 0.3 is 0 Å². The van der Waals surface area contributed by atoms with E-state index >= 15 is 0 Å². The van der Waals surface area contributed by atoms with Gasteiger partial charge in [0.05, 0.1) is 28.3 Å². The van der Waals surface area contributed by atoms with Crippen LogP contribution in [0.2, 0.25) is 0 Å². The van der Waals surface area contributed by atoms with Crippen LogP contribution in [0.15, 0.2) is 24.3 Å². The van der Waals surface area contributed by atoms with Crippen molar-refractivity contribution in [3.63, 3.8) is 0 Å². The maximum Gasteiger partial charge on any atom is 0.0910 e. The van der Waals surface area contributed by atoms with Gasteiger partial charge in [0.25, 0.3) is 0 Å². The van der Waals surface area contributed by atoms with E-state index in [9.17, 15) is 0 Å². The van der Waals surface area contributed by atoms with E-state index in [4.69, 9.17) is 9.97 Å². The summed E-state index contributed by atoms with van der Waals surface area (Å²) in [7, 11) is 0. The van der Waals surface area contributed by atoms with E-state index in [1.165, 1.54) is 66.6 Å². The molecule has 0 atom stereocenters. The molecule has 8 bridgehead atoms. The van der Waals surface area contributed by atoms with Gasteiger partial charge in [0.2, 0.25) is 0 Å². The lowest BCUT2D eigenvalue weighted by molar-refractivity contribution is 1.07. The molecule has 5 rings (SSSR count). The number of rotatable bonds is 8. The summed E-state index contributed by atoms with van der Waals surface area (Å²) in [6, 6.07) is 9.12. The molecule has 4 nitrogen and oxygen atoms in total. The van der Waals surface area contributed by atoms with Crippen molar-refractivity contribution in [3.8, 4) is 0 Å². The number of aryl methyl sites for hydroxylation is 4. The Morgan fingerprint density at radius 3 is 1.55 bits per heavy atom. The minimum atomic E-state index is 0.962. The molecule has 0 saturated heterocycles. The lowest BCUT2D eigenvalue weighted by Crippen LogP contribution is -1.89. The molecule has 0 radical (unpaired) electrons. The Bertz CT molecular complexity index is 1670. The van der Waals surface area contributed by atoms with Crippen LogP contribution in [-0.4, -0.2) is 19.9 Å². The van der Waals surface area contributed by atoms with E-state index in [1.807, 2.05) is 0 Å². The van der Waals surface area contributed by atoms with Crippen molar-refractivity contribution >= 4 is 44.4 Å². The molecule has 5 heterocycles. The summed E-state index contributed by atoms with van der Waals surface area (Å²) in [5.41, 5.74) is 20.3. The minimum Gasteiger partial charge on any atom is -0.355 e. The van der Waals surface area contributed by atoms with Crippen molar-refractivity contribution in [2.45, 2.75) is 107 Å². The largest absolute Gasteiger partial charge is 0.355 e. The highest BCUT2D eigenvalue weighted by Gasteiger charge is 2.24. The van der Waals surface area contributed by atoms with Crippen LogP contribution in [0, 0.1) is 0 Å². The highest BCUT2D eigenvalue weighted by molar-refractivity contribution is 5.99. The molecule has 0 unspecified atom stereocenters. The SMILES string of the molecule is CCC1=C(CC)c2cc3nc(c4[nH]c(cc5[nH]c(ccc1n2)c(CC)c5CC)c(CC)c4CC)C(CC)=C3CC. The lowest BCUT2D eigenvalue weighted by atomic mass is 9.97. The quantitative estimate of drug-likeness (QED) is 0.302. The zero-order valence-corrected chi connectivity index (χ0v) is 25.9. The molecule has 0 aliphatic carbocycles. The third kappa shape index (κ3) is 4.46. The Balaban J connectivity index is 2.04. The summed E-state index contributed by atoms with van der Waals surface area (Å²) >= 11 is 0. The Hall–Kier alpha value is -3.40. The molecule has 4 heteroatoms. The number of nitrogens with zero attached hydrogens (tertiary/aromatic N) is 2. The van der Waals surface area contributed by atoms with Crippen LogP contribution in [0.4, 0.5) is 0 Å². The van der Waals surface area contributed by atoms with E-state index < -0.39 is 0 Å². The Morgan fingerprint density at radius 2 is 0.950 bits per heavy atom. The zero-order valence-electron chi connectivity index (χ0n) is 25.9. The molecule has 0 fully saturated rings. The summed E-state index contributed by atoms with van der Waals surface area (Å²) in [5.74, 6) is 0. The van der Waals surface area contributed by atoms with Gasteiger partial charge in [-0.1, -0.05) is 55.4 Å². The molecular weight excluding hydrogens is 488 g/mol. The van der Waals surface area contributed by atoms with Crippen LogP contribution in [0.25, 0.3) is 44.4 Å². The fourth-order valence-corrected chi connectivity index (χ4v) is 7.12. The fourth-order valence-electron chi connectivity index (χ4n) is 7.12. The molecule has 3 aromatic rings. The predicted molar refractivity (Wildman–Crippen MR) is 173 cm³/mol. The topological polar surface area (TPSA) is 57.4 Å². The second-order valence-corrected chi connectivity index (χ2v) is 10.9. The third-order valence-electron chi connectivity index (χ3n) is 8.99. The van der Waals surface area contributed by atoms with Crippen LogP contribution < -0.4 is 0 Å². The molecule has 0 amide bonds. The zero-order chi connectivity index (χ0) is 28.6. The first kappa shape index (κ1) is 28.1. The van der Waals surface area contributed by atoms with Crippen molar-refractivity contribution in [2.75, 3.05) is 0 Å². The van der Waals surface area contributed by atoms with Gasteiger partial charge in [0, 0.05) is 16.6 Å². The van der Waals surface area contributed by atoms with Gasteiger partial charge in [-0.2, -0.15) is 0 Å². The number of H-pyrrole nitrogens is 2. The highest BCUT2D eigenvalue weighted by Crippen LogP contribution is 2.40. The molecule has 2 N–H and O–H groups in total. The van der Waals surface area contributed by atoms with Gasteiger partial charge in [-0.05, 0) is 120 Å². The summed E-state index contributed by atoms with van der Waals surface area (Å²) < 4.78 is 0. The minimum absolute atomic E-state index is 0.962. The van der Waals surface area contributed by atoms with Crippen LogP contribution in [-0.2, 0) is 25.7 Å².